The largest absolute Gasteiger partial charge is 0.298 e. The molecule has 0 N–H and O–H groups in total. The molecular formula is C11H15NOS. The zero-order valence-corrected chi connectivity index (χ0v) is 9.05. The molecule has 3 heteroatoms. The minimum atomic E-state index is 0.356. The predicted molar refractivity (Wildman–Crippen MR) is 58.7 cm³/mol. The number of Topliss-reactive ketones (excluding diaryl/α,β-unsaturated/α-hetero) is 1. The molecular weight excluding hydrogens is 194 g/mol. The molecule has 0 radical (unpaired) electrons. The van der Waals surface area contributed by atoms with Crippen LogP contribution in [0.2, 0.25) is 0 Å². The monoisotopic (exact) mass is 209 g/mol. The van der Waals surface area contributed by atoms with E-state index in [1.165, 1.54) is 17.7 Å². The zero-order valence-electron chi connectivity index (χ0n) is 8.24. The fraction of sp³-hybridized carbons (Fsp3) is 0.545. The highest BCUT2D eigenvalue weighted by molar-refractivity contribution is 7.10. The van der Waals surface area contributed by atoms with Crippen molar-refractivity contribution >= 4 is 17.1 Å². The lowest BCUT2D eigenvalue weighted by Gasteiger charge is -2.12. The number of likely N-dealkylation sites (tertiary alicyclic amines) is 1. The summed E-state index contributed by atoms with van der Waals surface area (Å²) in [4.78, 5) is 15.1. The highest BCUT2D eigenvalue weighted by Gasteiger charge is 2.15. The van der Waals surface area contributed by atoms with Gasteiger partial charge in [-0.15, -0.1) is 11.3 Å². The van der Waals surface area contributed by atoms with Crippen LogP contribution in [-0.2, 0) is 11.2 Å². The molecule has 14 heavy (non-hydrogen) atoms. The highest BCUT2D eigenvalue weighted by Crippen LogP contribution is 2.11. The second kappa shape index (κ2) is 4.71. The first kappa shape index (κ1) is 9.87. The third kappa shape index (κ3) is 2.66. The van der Waals surface area contributed by atoms with Crippen LogP contribution in [0.15, 0.2) is 17.5 Å². The van der Waals surface area contributed by atoms with Gasteiger partial charge in [-0.1, -0.05) is 6.07 Å². The maximum Gasteiger partial charge on any atom is 0.152 e. The lowest BCUT2D eigenvalue weighted by Crippen LogP contribution is -2.27. The molecule has 0 aliphatic carbocycles. The Morgan fingerprint density at radius 1 is 1.43 bits per heavy atom. The van der Waals surface area contributed by atoms with Crippen molar-refractivity contribution in [3.05, 3.63) is 22.4 Å². The smallest absolute Gasteiger partial charge is 0.152 e. The Hall–Kier alpha value is -0.670. The van der Waals surface area contributed by atoms with Crippen LogP contribution in [0.5, 0.6) is 0 Å². The van der Waals surface area contributed by atoms with Crippen molar-refractivity contribution in [1.82, 2.24) is 4.90 Å². The van der Waals surface area contributed by atoms with Gasteiger partial charge in [0, 0.05) is 11.3 Å². The van der Waals surface area contributed by atoms with Gasteiger partial charge in [-0.2, -0.15) is 0 Å². The summed E-state index contributed by atoms with van der Waals surface area (Å²) in [7, 11) is 0. The Bertz CT molecular complexity index is 288. The van der Waals surface area contributed by atoms with Gasteiger partial charge in [-0.05, 0) is 37.4 Å². The first-order chi connectivity index (χ1) is 6.84. The van der Waals surface area contributed by atoms with Crippen LogP contribution in [-0.4, -0.2) is 30.3 Å². The molecule has 76 valence electrons. The third-order valence-electron chi connectivity index (χ3n) is 2.55. The average molecular weight is 209 g/mol. The average Bonchev–Trinajstić information content (AvgIpc) is 2.76. The summed E-state index contributed by atoms with van der Waals surface area (Å²) >= 11 is 1.67. The summed E-state index contributed by atoms with van der Waals surface area (Å²) in [5.74, 6) is 0.356. The summed E-state index contributed by atoms with van der Waals surface area (Å²) < 4.78 is 0. The van der Waals surface area contributed by atoms with E-state index in [1.54, 1.807) is 11.3 Å². The summed E-state index contributed by atoms with van der Waals surface area (Å²) in [5.41, 5.74) is 0. The summed E-state index contributed by atoms with van der Waals surface area (Å²) in [6.45, 7) is 2.87. The predicted octanol–water partition coefficient (Wildman–Crippen LogP) is 1.96. The van der Waals surface area contributed by atoms with E-state index in [1.807, 2.05) is 17.5 Å². The van der Waals surface area contributed by atoms with E-state index in [0.29, 0.717) is 18.7 Å². The van der Waals surface area contributed by atoms with Gasteiger partial charge < -0.3 is 0 Å². The van der Waals surface area contributed by atoms with Crippen molar-refractivity contribution in [3.8, 4) is 0 Å². The van der Waals surface area contributed by atoms with E-state index < -0.39 is 0 Å². The molecule has 0 spiro atoms. The molecule has 0 amide bonds. The molecule has 2 heterocycles. The number of rotatable bonds is 4. The maximum absolute atomic E-state index is 11.6. The van der Waals surface area contributed by atoms with Crippen LogP contribution >= 0.6 is 11.3 Å². The van der Waals surface area contributed by atoms with Crippen LogP contribution in [0.1, 0.15) is 17.7 Å². The third-order valence-corrected chi connectivity index (χ3v) is 3.43. The molecule has 1 aromatic rings. The summed E-state index contributed by atoms with van der Waals surface area (Å²) in [5, 5.41) is 2.03. The number of thiophene rings is 1. The van der Waals surface area contributed by atoms with Crippen LogP contribution in [0, 0.1) is 0 Å². The minimum Gasteiger partial charge on any atom is -0.298 e. The number of nitrogens with zero attached hydrogens (tertiary/aromatic N) is 1. The molecule has 0 bridgehead atoms. The number of hydrogen-bond acceptors (Lipinski definition) is 3. The van der Waals surface area contributed by atoms with E-state index in [4.69, 9.17) is 0 Å². The van der Waals surface area contributed by atoms with Crippen molar-refractivity contribution in [3.63, 3.8) is 0 Å². The van der Waals surface area contributed by atoms with Gasteiger partial charge in [-0.3, -0.25) is 9.69 Å². The molecule has 1 aliphatic heterocycles. The Kier molecular flexibility index (Phi) is 3.32. The summed E-state index contributed by atoms with van der Waals surface area (Å²) in [6.07, 6.45) is 3.13. The molecule has 1 aromatic heterocycles. The molecule has 0 unspecified atom stereocenters. The Morgan fingerprint density at radius 2 is 2.21 bits per heavy atom. The first-order valence-corrected chi connectivity index (χ1v) is 5.99. The number of carbonyl (C=O) groups is 1. The van der Waals surface area contributed by atoms with Gasteiger partial charge in [0.05, 0.1) is 6.54 Å². The number of hydrogen-bond donors (Lipinski definition) is 0. The van der Waals surface area contributed by atoms with Gasteiger partial charge in [0.1, 0.15) is 0 Å². The van der Waals surface area contributed by atoms with Crippen molar-refractivity contribution < 1.29 is 4.79 Å². The lowest BCUT2D eigenvalue weighted by molar-refractivity contribution is -0.119. The molecule has 0 atom stereocenters. The first-order valence-electron chi connectivity index (χ1n) is 5.11. The molecule has 1 aliphatic rings. The molecule has 1 fully saturated rings. The van der Waals surface area contributed by atoms with Crippen LogP contribution in [0.4, 0.5) is 0 Å². The van der Waals surface area contributed by atoms with Crippen LogP contribution in [0.3, 0.4) is 0 Å². The normalized spacial score (nSPS) is 17.4. The van der Waals surface area contributed by atoms with E-state index in [2.05, 4.69) is 4.90 Å². The molecule has 0 aromatic carbocycles. The van der Waals surface area contributed by atoms with E-state index in [-0.39, 0.29) is 0 Å². The zero-order chi connectivity index (χ0) is 9.80. The number of ketones is 1. The van der Waals surface area contributed by atoms with Gasteiger partial charge in [-0.25, -0.2) is 0 Å². The van der Waals surface area contributed by atoms with Crippen molar-refractivity contribution in [1.29, 1.82) is 0 Å². The van der Waals surface area contributed by atoms with Crippen molar-refractivity contribution in [2.75, 3.05) is 19.6 Å². The fourth-order valence-corrected chi connectivity index (χ4v) is 2.59. The van der Waals surface area contributed by atoms with Crippen LogP contribution < -0.4 is 0 Å². The molecule has 0 saturated carbocycles. The SMILES string of the molecule is O=C(Cc1cccs1)CN1CCCC1. The Balaban J connectivity index is 1.78. The van der Waals surface area contributed by atoms with Gasteiger partial charge >= 0.3 is 0 Å². The second-order valence-corrected chi connectivity index (χ2v) is 4.81. The van der Waals surface area contributed by atoms with Crippen LogP contribution in [0.25, 0.3) is 0 Å². The molecule has 1 saturated heterocycles. The second-order valence-electron chi connectivity index (χ2n) is 3.78. The van der Waals surface area contributed by atoms with Gasteiger partial charge in [0.2, 0.25) is 0 Å². The number of carbonyl (C=O) groups excluding carboxylic acids is 1. The van der Waals surface area contributed by atoms with Crippen molar-refractivity contribution in [2.45, 2.75) is 19.3 Å². The summed E-state index contributed by atoms with van der Waals surface area (Å²) in [6, 6.07) is 4.04. The van der Waals surface area contributed by atoms with Gasteiger partial charge in [0.15, 0.2) is 5.78 Å². The Labute approximate surface area is 88.5 Å². The van der Waals surface area contributed by atoms with Crippen molar-refractivity contribution in [2.24, 2.45) is 0 Å². The quantitative estimate of drug-likeness (QED) is 0.755. The Morgan fingerprint density at radius 3 is 2.86 bits per heavy atom. The maximum atomic E-state index is 11.6. The highest BCUT2D eigenvalue weighted by atomic mass is 32.1. The standard InChI is InChI=1S/C11H15NOS/c13-10(8-11-4-3-7-14-11)9-12-5-1-2-6-12/h3-4,7H,1-2,5-6,8-9H2. The lowest BCUT2D eigenvalue weighted by atomic mass is 10.2. The topological polar surface area (TPSA) is 20.3 Å². The van der Waals surface area contributed by atoms with E-state index in [9.17, 15) is 4.79 Å². The van der Waals surface area contributed by atoms with Gasteiger partial charge in [0.25, 0.3) is 0 Å². The fourth-order valence-electron chi connectivity index (χ4n) is 1.85. The molecule has 2 rings (SSSR count). The van der Waals surface area contributed by atoms with E-state index >= 15 is 0 Å². The minimum absolute atomic E-state index is 0.356. The molecule has 2 nitrogen and oxygen atoms in total. The van der Waals surface area contributed by atoms with E-state index in [0.717, 1.165) is 13.1 Å².